The normalized spacial score (nSPS) is 19.9. The van der Waals surface area contributed by atoms with Crippen LogP contribution >= 0.6 is 11.6 Å². The van der Waals surface area contributed by atoms with Gasteiger partial charge in [0.25, 0.3) is 5.91 Å². The Labute approximate surface area is 121 Å². The van der Waals surface area contributed by atoms with E-state index in [0.29, 0.717) is 5.02 Å². The van der Waals surface area contributed by atoms with Crippen LogP contribution in [0.25, 0.3) is 0 Å². The number of hydrogen-bond donors (Lipinski definition) is 0. The van der Waals surface area contributed by atoms with Crippen molar-refractivity contribution in [2.24, 2.45) is 5.10 Å². The largest absolute Gasteiger partial charge is 0.274 e. The number of benzene rings is 2. The average molecular weight is 283 g/mol. The van der Waals surface area contributed by atoms with Crippen molar-refractivity contribution >= 4 is 23.2 Å². The molecule has 2 aromatic carbocycles. The van der Waals surface area contributed by atoms with Crippen molar-refractivity contribution in [3.63, 3.8) is 0 Å². The summed E-state index contributed by atoms with van der Waals surface area (Å²) in [5.41, 5.74) is 3.81. The number of halogens is 1. The van der Waals surface area contributed by atoms with Gasteiger partial charge in [0.05, 0.1) is 11.8 Å². The van der Waals surface area contributed by atoms with Gasteiger partial charge in [0, 0.05) is 17.0 Å². The van der Waals surface area contributed by atoms with Gasteiger partial charge in [0.2, 0.25) is 0 Å². The number of hydrogen-bond acceptors (Lipinski definition) is 2. The van der Waals surface area contributed by atoms with E-state index in [-0.39, 0.29) is 11.9 Å². The first-order chi connectivity index (χ1) is 9.74. The molecule has 98 valence electrons. The zero-order valence-corrected chi connectivity index (χ0v) is 11.3. The highest BCUT2D eigenvalue weighted by Gasteiger charge is 2.41. The number of amides is 1. The molecule has 1 amide bonds. The van der Waals surface area contributed by atoms with E-state index in [0.717, 1.165) is 28.8 Å². The summed E-state index contributed by atoms with van der Waals surface area (Å²) in [6.45, 7) is 0. The topological polar surface area (TPSA) is 32.7 Å². The van der Waals surface area contributed by atoms with E-state index in [1.807, 2.05) is 48.5 Å². The third-order valence-corrected chi connectivity index (χ3v) is 4.10. The number of rotatable bonds is 1. The smallest absolute Gasteiger partial charge is 0.267 e. The molecular weight excluding hydrogens is 272 g/mol. The van der Waals surface area contributed by atoms with E-state index >= 15 is 0 Å². The third kappa shape index (κ3) is 1.60. The Hall–Kier alpha value is -2.13. The third-order valence-electron chi connectivity index (χ3n) is 3.85. The molecule has 0 aliphatic carbocycles. The lowest BCUT2D eigenvalue weighted by atomic mass is 9.98. The molecule has 1 atom stereocenters. The fourth-order valence-electron chi connectivity index (χ4n) is 2.86. The lowest BCUT2D eigenvalue weighted by Crippen LogP contribution is -2.17. The SMILES string of the molecule is O=C1c2ccccc2[C@@H]2CC(c3ccc(Cl)cc3)=NN12. The van der Waals surface area contributed by atoms with Gasteiger partial charge in [0.15, 0.2) is 0 Å². The van der Waals surface area contributed by atoms with E-state index in [2.05, 4.69) is 5.10 Å². The maximum atomic E-state index is 12.3. The highest BCUT2D eigenvalue weighted by Crippen LogP contribution is 2.40. The van der Waals surface area contributed by atoms with Crippen LogP contribution in [0.3, 0.4) is 0 Å². The van der Waals surface area contributed by atoms with Crippen molar-refractivity contribution in [3.8, 4) is 0 Å². The van der Waals surface area contributed by atoms with Crippen molar-refractivity contribution in [3.05, 3.63) is 70.2 Å². The Kier molecular flexibility index (Phi) is 2.44. The van der Waals surface area contributed by atoms with Crippen LogP contribution in [0.5, 0.6) is 0 Å². The number of carbonyl (C=O) groups is 1. The number of hydrazone groups is 1. The van der Waals surface area contributed by atoms with Crippen molar-refractivity contribution in [1.29, 1.82) is 0 Å². The van der Waals surface area contributed by atoms with Gasteiger partial charge in [0.1, 0.15) is 0 Å². The maximum Gasteiger partial charge on any atom is 0.274 e. The van der Waals surface area contributed by atoms with Gasteiger partial charge in [-0.3, -0.25) is 4.79 Å². The highest BCUT2D eigenvalue weighted by atomic mass is 35.5. The van der Waals surface area contributed by atoms with Gasteiger partial charge < -0.3 is 0 Å². The van der Waals surface area contributed by atoms with Gasteiger partial charge in [-0.2, -0.15) is 5.10 Å². The molecule has 0 fully saturated rings. The molecule has 3 nitrogen and oxygen atoms in total. The summed E-state index contributed by atoms with van der Waals surface area (Å²) in [7, 11) is 0. The van der Waals surface area contributed by atoms with Crippen LogP contribution in [0.2, 0.25) is 5.02 Å². The van der Waals surface area contributed by atoms with E-state index in [4.69, 9.17) is 11.6 Å². The van der Waals surface area contributed by atoms with Crippen LogP contribution in [-0.4, -0.2) is 16.6 Å². The quantitative estimate of drug-likeness (QED) is 0.786. The molecule has 0 spiro atoms. The minimum atomic E-state index is -0.00503. The predicted octanol–water partition coefficient (Wildman–Crippen LogP) is 3.64. The molecular formula is C16H11ClN2O. The zero-order valence-electron chi connectivity index (χ0n) is 10.6. The first kappa shape index (κ1) is 11.7. The molecule has 0 saturated heterocycles. The van der Waals surface area contributed by atoms with E-state index < -0.39 is 0 Å². The molecule has 4 rings (SSSR count). The second-order valence-electron chi connectivity index (χ2n) is 5.01. The Balaban J connectivity index is 1.72. The summed E-state index contributed by atoms with van der Waals surface area (Å²) in [5.74, 6) is -0.00503. The molecule has 0 radical (unpaired) electrons. The molecule has 0 N–H and O–H groups in total. The van der Waals surface area contributed by atoms with Crippen molar-refractivity contribution in [1.82, 2.24) is 5.01 Å². The van der Waals surface area contributed by atoms with Crippen LogP contribution in [0, 0.1) is 0 Å². The van der Waals surface area contributed by atoms with E-state index in [9.17, 15) is 4.79 Å². The summed E-state index contributed by atoms with van der Waals surface area (Å²) >= 11 is 5.90. The van der Waals surface area contributed by atoms with Gasteiger partial charge in [-0.25, -0.2) is 5.01 Å². The fourth-order valence-corrected chi connectivity index (χ4v) is 2.99. The fraction of sp³-hybridized carbons (Fsp3) is 0.125. The van der Waals surface area contributed by atoms with Gasteiger partial charge in [-0.15, -0.1) is 0 Å². The standard InChI is InChI=1S/C16H11ClN2O/c17-11-7-5-10(6-8-11)14-9-15-12-3-1-2-4-13(12)16(20)19(15)18-14/h1-8,15H,9H2/t15-/m0/s1. The molecule has 0 unspecified atom stereocenters. The Morgan fingerprint density at radius 3 is 2.65 bits per heavy atom. The summed E-state index contributed by atoms with van der Waals surface area (Å²) < 4.78 is 0. The maximum absolute atomic E-state index is 12.3. The minimum Gasteiger partial charge on any atom is -0.267 e. The molecule has 0 aromatic heterocycles. The lowest BCUT2D eigenvalue weighted by Gasteiger charge is -2.10. The molecule has 0 saturated carbocycles. The summed E-state index contributed by atoms with van der Waals surface area (Å²) in [5, 5.41) is 6.81. The summed E-state index contributed by atoms with van der Waals surface area (Å²) in [6.07, 6.45) is 0.754. The van der Waals surface area contributed by atoms with Crippen LogP contribution in [0.4, 0.5) is 0 Å². The number of carbonyl (C=O) groups excluding carboxylic acids is 1. The van der Waals surface area contributed by atoms with Crippen LogP contribution in [-0.2, 0) is 0 Å². The summed E-state index contributed by atoms with van der Waals surface area (Å²) in [4.78, 5) is 12.3. The number of nitrogens with zero attached hydrogens (tertiary/aromatic N) is 2. The first-order valence-corrected chi connectivity index (χ1v) is 6.88. The Morgan fingerprint density at radius 2 is 1.85 bits per heavy atom. The monoisotopic (exact) mass is 282 g/mol. The number of fused-ring (bicyclic) bond motifs is 3. The molecule has 2 aliphatic heterocycles. The van der Waals surface area contributed by atoms with Crippen LogP contribution in [0.15, 0.2) is 53.6 Å². The molecule has 2 heterocycles. The van der Waals surface area contributed by atoms with Crippen molar-refractivity contribution in [2.75, 3.05) is 0 Å². The second kappa shape index (κ2) is 4.18. The van der Waals surface area contributed by atoms with Crippen LogP contribution < -0.4 is 0 Å². The zero-order chi connectivity index (χ0) is 13.7. The second-order valence-corrected chi connectivity index (χ2v) is 5.45. The lowest BCUT2D eigenvalue weighted by molar-refractivity contribution is 0.0756. The van der Waals surface area contributed by atoms with Crippen LogP contribution in [0.1, 0.15) is 33.9 Å². The van der Waals surface area contributed by atoms with E-state index in [1.165, 1.54) is 0 Å². The molecule has 0 bridgehead atoms. The Bertz CT molecular complexity index is 736. The average Bonchev–Trinajstić information content (AvgIpc) is 3.01. The Morgan fingerprint density at radius 1 is 1.10 bits per heavy atom. The van der Waals surface area contributed by atoms with Crippen molar-refractivity contribution in [2.45, 2.75) is 12.5 Å². The molecule has 4 heteroatoms. The minimum absolute atomic E-state index is 0.00503. The molecule has 20 heavy (non-hydrogen) atoms. The van der Waals surface area contributed by atoms with Gasteiger partial charge >= 0.3 is 0 Å². The van der Waals surface area contributed by atoms with E-state index in [1.54, 1.807) is 5.01 Å². The van der Waals surface area contributed by atoms with Crippen molar-refractivity contribution < 1.29 is 4.79 Å². The van der Waals surface area contributed by atoms with Gasteiger partial charge in [-0.1, -0.05) is 41.9 Å². The van der Waals surface area contributed by atoms with Gasteiger partial charge in [-0.05, 0) is 29.3 Å². The highest BCUT2D eigenvalue weighted by molar-refractivity contribution is 6.30. The first-order valence-electron chi connectivity index (χ1n) is 6.50. The predicted molar refractivity (Wildman–Crippen MR) is 78.0 cm³/mol. The molecule has 2 aliphatic rings. The summed E-state index contributed by atoms with van der Waals surface area (Å²) in [6, 6.07) is 15.4. The molecule has 2 aromatic rings.